The van der Waals surface area contributed by atoms with Gasteiger partial charge in [0.2, 0.25) is 5.75 Å². The minimum absolute atomic E-state index is 0.137. The van der Waals surface area contributed by atoms with E-state index in [9.17, 15) is 20.2 Å². The second-order valence-corrected chi connectivity index (χ2v) is 3.30. The highest BCUT2D eigenvalue weighted by Gasteiger charge is 2.20. The van der Waals surface area contributed by atoms with Gasteiger partial charge in [0.1, 0.15) is 0 Å². The van der Waals surface area contributed by atoms with Crippen molar-refractivity contribution in [3.8, 4) is 5.75 Å². The summed E-state index contributed by atoms with van der Waals surface area (Å²) in [6.07, 6.45) is 0. The van der Waals surface area contributed by atoms with Crippen molar-refractivity contribution in [1.29, 1.82) is 0 Å². The predicted molar refractivity (Wildman–Crippen MR) is 59.2 cm³/mol. The minimum Gasteiger partial charge on any atom is -0.350 e. The zero-order chi connectivity index (χ0) is 13.0. The fourth-order valence-corrected chi connectivity index (χ4v) is 0.980. The fourth-order valence-electron chi connectivity index (χ4n) is 0.980. The van der Waals surface area contributed by atoms with Gasteiger partial charge < -0.3 is 4.84 Å². The Morgan fingerprint density at radius 3 is 2.35 bits per heavy atom. The molecule has 0 N–H and O–H groups in total. The van der Waals surface area contributed by atoms with E-state index in [1.807, 2.05) is 0 Å². The Kier molecular flexibility index (Phi) is 3.70. The summed E-state index contributed by atoms with van der Waals surface area (Å²) in [4.78, 5) is 24.5. The van der Waals surface area contributed by atoms with E-state index >= 15 is 0 Å². The minimum atomic E-state index is -0.761. The molecule has 0 spiro atoms. The zero-order valence-corrected chi connectivity index (χ0v) is 9.11. The maximum atomic E-state index is 10.7. The average Bonchev–Trinajstić information content (AvgIpc) is 2.25. The molecule has 0 unspecified atom stereocenters. The van der Waals surface area contributed by atoms with Crippen molar-refractivity contribution in [3.05, 3.63) is 38.4 Å². The van der Waals surface area contributed by atoms with Crippen molar-refractivity contribution in [2.75, 3.05) is 0 Å². The van der Waals surface area contributed by atoms with Gasteiger partial charge in [-0.25, -0.2) is 0 Å². The SMILES string of the molecule is CC(C)=NOc1ccc([N+](=O)[O-])cc1[N+](=O)[O-]. The molecule has 90 valence electrons. The van der Waals surface area contributed by atoms with E-state index in [1.54, 1.807) is 13.8 Å². The molecule has 0 aliphatic heterocycles. The van der Waals surface area contributed by atoms with Crippen molar-refractivity contribution in [1.82, 2.24) is 0 Å². The molecule has 8 heteroatoms. The van der Waals surface area contributed by atoms with Crippen molar-refractivity contribution in [2.24, 2.45) is 5.16 Å². The Labute approximate surface area is 95.8 Å². The molecule has 0 bridgehead atoms. The smallest absolute Gasteiger partial charge is 0.321 e. The Morgan fingerprint density at radius 1 is 1.24 bits per heavy atom. The lowest BCUT2D eigenvalue weighted by Gasteiger charge is -2.00. The van der Waals surface area contributed by atoms with E-state index in [2.05, 4.69) is 5.16 Å². The number of nitro groups is 2. The number of benzene rings is 1. The lowest BCUT2D eigenvalue weighted by Crippen LogP contribution is -1.97. The molecule has 8 nitrogen and oxygen atoms in total. The van der Waals surface area contributed by atoms with Gasteiger partial charge in [-0.1, -0.05) is 5.16 Å². The van der Waals surface area contributed by atoms with Crippen LogP contribution in [0.2, 0.25) is 0 Å². The number of oxime groups is 1. The molecule has 0 amide bonds. The second-order valence-electron chi connectivity index (χ2n) is 3.30. The summed E-state index contributed by atoms with van der Waals surface area (Å²) in [5.74, 6) is -0.137. The summed E-state index contributed by atoms with van der Waals surface area (Å²) in [5.41, 5.74) is -0.303. The zero-order valence-electron chi connectivity index (χ0n) is 9.11. The Bertz CT molecular complexity index is 493. The number of hydrogen-bond donors (Lipinski definition) is 0. The maximum Gasteiger partial charge on any atom is 0.321 e. The van der Waals surface area contributed by atoms with Crippen LogP contribution in [0.4, 0.5) is 11.4 Å². The van der Waals surface area contributed by atoms with Gasteiger partial charge in [0, 0.05) is 6.07 Å². The average molecular weight is 239 g/mol. The largest absolute Gasteiger partial charge is 0.350 e. The van der Waals surface area contributed by atoms with E-state index in [-0.39, 0.29) is 11.4 Å². The van der Waals surface area contributed by atoms with Crippen molar-refractivity contribution in [3.63, 3.8) is 0 Å². The number of rotatable bonds is 4. The van der Waals surface area contributed by atoms with Gasteiger partial charge in [-0.2, -0.15) is 0 Å². The van der Waals surface area contributed by atoms with Gasteiger partial charge in [-0.05, 0) is 19.9 Å². The monoisotopic (exact) mass is 239 g/mol. The van der Waals surface area contributed by atoms with Crippen LogP contribution < -0.4 is 4.84 Å². The van der Waals surface area contributed by atoms with E-state index in [1.165, 1.54) is 0 Å². The lowest BCUT2D eigenvalue weighted by molar-refractivity contribution is -0.394. The summed E-state index contributed by atoms with van der Waals surface area (Å²) in [6.45, 7) is 3.30. The maximum absolute atomic E-state index is 10.7. The van der Waals surface area contributed by atoms with Crippen LogP contribution in [0, 0.1) is 20.2 Å². The summed E-state index contributed by atoms with van der Waals surface area (Å²) >= 11 is 0. The molecule has 1 rings (SSSR count). The normalized spacial score (nSPS) is 9.53. The number of nitrogens with zero attached hydrogens (tertiary/aromatic N) is 3. The fraction of sp³-hybridized carbons (Fsp3) is 0.222. The molecule has 1 aromatic rings. The Morgan fingerprint density at radius 2 is 1.88 bits per heavy atom. The highest BCUT2D eigenvalue weighted by molar-refractivity contribution is 5.78. The van der Waals surface area contributed by atoms with Crippen LogP contribution in [0.5, 0.6) is 5.75 Å². The number of non-ortho nitro benzene ring substituents is 1. The van der Waals surface area contributed by atoms with Gasteiger partial charge in [-0.15, -0.1) is 0 Å². The van der Waals surface area contributed by atoms with Crippen LogP contribution in [0.3, 0.4) is 0 Å². The topological polar surface area (TPSA) is 108 Å². The Balaban J connectivity index is 3.18. The number of hydrogen-bond acceptors (Lipinski definition) is 6. The first kappa shape index (κ1) is 12.6. The van der Waals surface area contributed by atoms with Crippen molar-refractivity contribution >= 4 is 17.1 Å². The molecule has 0 radical (unpaired) electrons. The summed E-state index contributed by atoms with van der Waals surface area (Å²) in [7, 11) is 0. The predicted octanol–water partition coefficient (Wildman–Crippen LogP) is 2.28. The molecule has 0 aliphatic rings. The molecule has 1 aromatic carbocycles. The molecular weight excluding hydrogens is 230 g/mol. The van der Waals surface area contributed by atoms with E-state index in [4.69, 9.17) is 4.84 Å². The molecule has 0 saturated carbocycles. The van der Waals surface area contributed by atoms with E-state index in [0.29, 0.717) is 5.71 Å². The molecule has 0 aromatic heterocycles. The van der Waals surface area contributed by atoms with E-state index in [0.717, 1.165) is 18.2 Å². The van der Waals surface area contributed by atoms with Gasteiger partial charge in [-0.3, -0.25) is 20.2 Å². The standard InChI is InChI=1S/C9H9N3O5/c1-6(2)10-17-9-4-3-7(11(13)14)5-8(9)12(15)16/h3-5H,1-2H3. The van der Waals surface area contributed by atoms with Crippen LogP contribution >= 0.6 is 0 Å². The first-order chi connectivity index (χ1) is 7.91. The van der Waals surface area contributed by atoms with Gasteiger partial charge in [0.15, 0.2) is 0 Å². The first-order valence-corrected chi connectivity index (χ1v) is 4.53. The molecule has 17 heavy (non-hydrogen) atoms. The quantitative estimate of drug-likeness (QED) is 0.455. The lowest BCUT2D eigenvalue weighted by atomic mass is 10.2. The summed E-state index contributed by atoms with van der Waals surface area (Å²) in [5, 5.41) is 24.7. The third-order valence-corrected chi connectivity index (χ3v) is 1.68. The van der Waals surface area contributed by atoms with Crippen LogP contribution in [0.15, 0.2) is 23.4 Å². The van der Waals surface area contributed by atoms with Crippen LogP contribution in [0.1, 0.15) is 13.8 Å². The molecule has 0 saturated heterocycles. The molecular formula is C9H9N3O5. The summed E-state index contributed by atoms with van der Waals surface area (Å²) in [6, 6.07) is 3.08. The van der Waals surface area contributed by atoms with Gasteiger partial charge >= 0.3 is 5.69 Å². The number of nitro benzene ring substituents is 2. The van der Waals surface area contributed by atoms with Crippen LogP contribution in [0.25, 0.3) is 0 Å². The van der Waals surface area contributed by atoms with Crippen molar-refractivity contribution < 1.29 is 14.7 Å². The van der Waals surface area contributed by atoms with Crippen LogP contribution in [-0.4, -0.2) is 15.6 Å². The van der Waals surface area contributed by atoms with Crippen molar-refractivity contribution in [2.45, 2.75) is 13.8 Å². The highest BCUT2D eigenvalue weighted by atomic mass is 16.7. The first-order valence-electron chi connectivity index (χ1n) is 4.53. The second kappa shape index (κ2) is 5.01. The Hall–Kier alpha value is -2.51. The van der Waals surface area contributed by atoms with Crippen LogP contribution in [-0.2, 0) is 0 Å². The third kappa shape index (κ3) is 3.23. The molecule has 0 atom stereocenters. The van der Waals surface area contributed by atoms with Gasteiger partial charge in [0.05, 0.1) is 21.6 Å². The summed E-state index contributed by atoms with van der Waals surface area (Å²) < 4.78 is 0. The third-order valence-electron chi connectivity index (χ3n) is 1.68. The van der Waals surface area contributed by atoms with E-state index < -0.39 is 15.5 Å². The molecule has 0 fully saturated rings. The van der Waals surface area contributed by atoms with Gasteiger partial charge in [0.25, 0.3) is 5.69 Å². The molecule has 0 heterocycles. The molecule has 0 aliphatic carbocycles. The highest BCUT2D eigenvalue weighted by Crippen LogP contribution is 2.31.